The number of hydrogen-bond donors (Lipinski definition) is 1. The van der Waals surface area contributed by atoms with Gasteiger partial charge >= 0.3 is 0 Å². The van der Waals surface area contributed by atoms with Crippen molar-refractivity contribution in [3.63, 3.8) is 0 Å². The van der Waals surface area contributed by atoms with E-state index in [0.717, 1.165) is 18.7 Å². The van der Waals surface area contributed by atoms with Gasteiger partial charge in [0, 0.05) is 18.2 Å². The number of hydrogen-bond acceptors (Lipinski definition) is 2. The predicted molar refractivity (Wildman–Crippen MR) is 75.8 cm³/mol. The highest BCUT2D eigenvalue weighted by Crippen LogP contribution is 2.19. The Hall–Kier alpha value is -1.54. The van der Waals surface area contributed by atoms with Crippen molar-refractivity contribution in [1.29, 1.82) is 0 Å². The second kappa shape index (κ2) is 7.02. The molecule has 0 saturated heterocycles. The van der Waals surface area contributed by atoms with E-state index in [1.807, 2.05) is 12.1 Å². The molecule has 0 fully saturated rings. The van der Waals surface area contributed by atoms with Gasteiger partial charge in [-0.1, -0.05) is 43.0 Å². The van der Waals surface area contributed by atoms with Gasteiger partial charge in [0.25, 0.3) is 0 Å². The van der Waals surface area contributed by atoms with Crippen molar-refractivity contribution in [3.8, 4) is 5.75 Å². The first-order chi connectivity index (χ1) is 8.90. The number of para-hydroxylation sites is 1. The number of nitrogens with one attached hydrogen (secondary N) is 1. The van der Waals surface area contributed by atoms with Gasteiger partial charge in [0.2, 0.25) is 0 Å². The summed E-state index contributed by atoms with van der Waals surface area (Å²) in [5.41, 5.74) is 1.22. The molecule has 1 unspecified atom stereocenters. The van der Waals surface area contributed by atoms with Crippen molar-refractivity contribution in [2.24, 2.45) is 0 Å². The Bertz CT molecular complexity index is 411. The average Bonchev–Trinajstić information content (AvgIpc) is 2.45. The maximum Gasteiger partial charge on any atom is 0.124 e. The van der Waals surface area contributed by atoms with Crippen molar-refractivity contribution in [2.75, 3.05) is 6.61 Å². The van der Waals surface area contributed by atoms with Crippen LogP contribution < -0.4 is 10.1 Å². The maximum absolute atomic E-state index is 5.65. The van der Waals surface area contributed by atoms with Gasteiger partial charge in [0.1, 0.15) is 12.4 Å². The lowest BCUT2D eigenvalue weighted by Crippen LogP contribution is -2.29. The Labute approximate surface area is 109 Å². The first-order valence-electron chi connectivity index (χ1n) is 6.60. The molecule has 0 radical (unpaired) electrons. The van der Waals surface area contributed by atoms with Crippen LogP contribution in [0.3, 0.4) is 0 Å². The Morgan fingerprint density at radius 1 is 1.33 bits per heavy atom. The molecule has 2 rings (SSSR count). The molecule has 96 valence electrons. The average molecular weight is 243 g/mol. The minimum absolute atomic E-state index is 0.559. The molecule has 1 aromatic carbocycles. The minimum Gasteiger partial charge on any atom is -0.489 e. The summed E-state index contributed by atoms with van der Waals surface area (Å²) in [7, 11) is 0. The van der Waals surface area contributed by atoms with E-state index in [4.69, 9.17) is 4.74 Å². The molecule has 0 spiro atoms. The standard InChI is InChI=1S/C16H21NO/c1-2-12-18-16-11-7-6-8-14(16)13-17-15-9-4-3-5-10-15/h2-4,6-8,11,15,17H,1,5,9-10,12-13H2. The third-order valence-electron chi connectivity index (χ3n) is 3.18. The van der Waals surface area contributed by atoms with Crippen molar-refractivity contribution in [3.05, 3.63) is 54.6 Å². The topological polar surface area (TPSA) is 21.3 Å². The fourth-order valence-corrected chi connectivity index (χ4v) is 2.17. The SMILES string of the molecule is C=CCOc1ccccc1CNC1CC=CCC1. The number of ether oxygens (including phenoxy) is 1. The van der Waals surface area contributed by atoms with Crippen LogP contribution in [0.25, 0.3) is 0 Å². The summed E-state index contributed by atoms with van der Waals surface area (Å²) in [6, 6.07) is 8.79. The van der Waals surface area contributed by atoms with Crippen molar-refractivity contribution in [1.82, 2.24) is 5.32 Å². The van der Waals surface area contributed by atoms with Crippen molar-refractivity contribution < 1.29 is 4.74 Å². The quantitative estimate of drug-likeness (QED) is 0.773. The molecule has 0 aliphatic heterocycles. The zero-order valence-electron chi connectivity index (χ0n) is 10.8. The Balaban J connectivity index is 1.91. The van der Waals surface area contributed by atoms with Crippen LogP contribution in [0.2, 0.25) is 0 Å². The van der Waals surface area contributed by atoms with Gasteiger partial charge in [-0.05, 0) is 25.3 Å². The van der Waals surface area contributed by atoms with E-state index in [1.54, 1.807) is 6.08 Å². The van der Waals surface area contributed by atoms with Gasteiger partial charge < -0.3 is 10.1 Å². The van der Waals surface area contributed by atoms with Crippen LogP contribution in [0.5, 0.6) is 5.75 Å². The molecule has 2 nitrogen and oxygen atoms in total. The third kappa shape index (κ3) is 3.74. The Kier molecular flexibility index (Phi) is 5.03. The second-order valence-electron chi connectivity index (χ2n) is 4.57. The summed E-state index contributed by atoms with van der Waals surface area (Å²) in [6.07, 6.45) is 9.85. The number of allylic oxidation sites excluding steroid dienone is 1. The Morgan fingerprint density at radius 3 is 3.00 bits per heavy atom. The van der Waals surface area contributed by atoms with E-state index in [0.29, 0.717) is 12.6 Å². The fraction of sp³-hybridized carbons (Fsp3) is 0.375. The molecule has 1 aromatic rings. The van der Waals surface area contributed by atoms with E-state index in [1.165, 1.54) is 18.4 Å². The number of rotatable bonds is 6. The summed E-state index contributed by atoms with van der Waals surface area (Å²) in [5.74, 6) is 0.955. The lowest BCUT2D eigenvalue weighted by atomic mass is 10.0. The summed E-state index contributed by atoms with van der Waals surface area (Å²) in [4.78, 5) is 0. The van der Waals surface area contributed by atoms with Gasteiger partial charge in [0.15, 0.2) is 0 Å². The number of benzene rings is 1. The van der Waals surface area contributed by atoms with Gasteiger partial charge in [-0.2, -0.15) is 0 Å². The molecule has 1 N–H and O–H groups in total. The molecule has 0 heterocycles. The third-order valence-corrected chi connectivity index (χ3v) is 3.18. The van der Waals surface area contributed by atoms with E-state index >= 15 is 0 Å². The Morgan fingerprint density at radius 2 is 2.22 bits per heavy atom. The van der Waals surface area contributed by atoms with Crippen LogP contribution in [-0.4, -0.2) is 12.6 Å². The lowest BCUT2D eigenvalue weighted by molar-refractivity contribution is 0.356. The zero-order chi connectivity index (χ0) is 12.6. The molecule has 0 saturated carbocycles. The van der Waals surface area contributed by atoms with Crippen LogP contribution in [0.1, 0.15) is 24.8 Å². The molecule has 0 amide bonds. The highest BCUT2D eigenvalue weighted by Gasteiger charge is 2.10. The van der Waals surface area contributed by atoms with Crippen LogP contribution in [0.4, 0.5) is 0 Å². The van der Waals surface area contributed by atoms with Crippen LogP contribution in [0.15, 0.2) is 49.1 Å². The van der Waals surface area contributed by atoms with E-state index in [-0.39, 0.29) is 0 Å². The molecule has 1 aliphatic rings. The highest BCUT2D eigenvalue weighted by atomic mass is 16.5. The molecular formula is C16H21NO. The molecule has 0 aromatic heterocycles. The lowest BCUT2D eigenvalue weighted by Gasteiger charge is -2.20. The van der Waals surface area contributed by atoms with Gasteiger partial charge in [0.05, 0.1) is 0 Å². The highest BCUT2D eigenvalue weighted by molar-refractivity contribution is 5.33. The first-order valence-corrected chi connectivity index (χ1v) is 6.60. The van der Waals surface area contributed by atoms with E-state index < -0.39 is 0 Å². The smallest absolute Gasteiger partial charge is 0.124 e. The normalized spacial score (nSPS) is 18.6. The summed E-state index contributed by atoms with van der Waals surface area (Å²) in [5, 5.41) is 3.60. The van der Waals surface area contributed by atoms with Crippen molar-refractivity contribution in [2.45, 2.75) is 31.8 Å². The summed E-state index contributed by atoms with van der Waals surface area (Å²) < 4.78 is 5.65. The summed E-state index contributed by atoms with van der Waals surface area (Å²) >= 11 is 0. The van der Waals surface area contributed by atoms with Crippen LogP contribution >= 0.6 is 0 Å². The largest absolute Gasteiger partial charge is 0.489 e. The fourth-order valence-electron chi connectivity index (χ4n) is 2.17. The maximum atomic E-state index is 5.65. The zero-order valence-corrected chi connectivity index (χ0v) is 10.8. The van der Waals surface area contributed by atoms with Crippen LogP contribution in [0, 0.1) is 0 Å². The van der Waals surface area contributed by atoms with Crippen molar-refractivity contribution >= 4 is 0 Å². The molecule has 18 heavy (non-hydrogen) atoms. The predicted octanol–water partition coefficient (Wildman–Crippen LogP) is 3.45. The molecular weight excluding hydrogens is 222 g/mol. The second-order valence-corrected chi connectivity index (χ2v) is 4.57. The van der Waals surface area contributed by atoms with Gasteiger partial charge in [-0.25, -0.2) is 0 Å². The molecule has 0 bridgehead atoms. The monoisotopic (exact) mass is 243 g/mol. The molecule has 1 aliphatic carbocycles. The first kappa shape index (κ1) is 12.9. The summed E-state index contributed by atoms with van der Waals surface area (Å²) in [6.45, 7) is 5.10. The van der Waals surface area contributed by atoms with Crippen LogP contribution in [-0.2, 0) is 6.54 Å². The van der Waals surface area contributed by atoms with E-state index in [2.05, 4.69) is 36.2 Å². The molecule has 2 heteroatoms. The molecule has 1 atom stereocenters. The van der Waals surface area contributed by atoms with E-state index in [9.17, 15) is 0 Å². The van der Waals surface area contributed by atoms with Gasteiger partial charge in [-0.3, -0.25) is 0 Å². The van der Waals surface area contributed by atoms with Gasteiger partial charge in [-0.15, -0.1) is 0 Å². The minimum atomic E-state index is 0.559.